The predicted octanol–water partition coefficient (Wildman–Crippen LogP) is 1.78. The summed E-state index contributed by atoms with van der Waals surface area (Å²) in [5.41, 5.74) is 1.64. The van der Waals surface area contributed by atoms with Crippen LogP contribution >= 0.6 is 0 Å². The standard InChI is InChI=1S/C10H11N5O2/c1-7-9(6-14(2)13-7)12-10-4-3-8(5-11-10)15(16)17/h3-6H,1-2H3,(H,11,12). The molecule has 2 heterocycles. The van der Waals surface area contributed by atoms with Gasteiger partial charge in [-0.3, -0.25) is 14.8 Å². The number of aryl methyl sites for hydroxylation is 2. The number of pyridine rings is 1. The van der Waals surface area contributed by atoms with E-state index in [1.807, 2.05) is 20.2 Å². The van der Waals surface area contributed by atoms with Crippen molar-refractivity contribution in [3.05, 3.63) is 40.3 Å². The van der Waals surface area contributed by atoms with Crippen LogP contribution in [0.15, 0.2) is 24.5 Å². The minimum absolute atomic E-state index is 0.0292. The van der Waals surface area contributed by atoms with Crippen LogP contribution in [0.1, 0.15) is 5.69 Å². The van der Waals surface area contributed by atoms with Gasteiger partial charge in [0.2, 0.25) is 0 Å². The van der Waals surface area contributed by atoms with Gasteiger partial charge in [0.15, 0.2) is 0 Å². The third kappa shape index (κ3) is 2.39. The monoisotopic (exact) mass is 233 g/mol. The van der Waals surface area contributed by atoms with Gasteiger partial charge in [-0.2, -0.15) is 5.10 Å². The number of nitro groups is 1. The topological polar surface area (TPSA) is 85.9 Å². The molecule has 0 fully saturated rings. The predicted molar refractivity (Wildman–Crippen MR) is 62.1 cm³/mol. The molecular weight excluding hydrogens is 222 g/mol. The molecule has 0 aliphatic rings. The fourth-order valence-electron chi connectivity index (χ4n) is 1.43. The first-order chi connectivity index (χ1) is 8.06. The van der Waals surface area contributed by atoms with Crippen LogP contribution < -0.4 is 5.32 Å². The first kappa shape index (κ1) is 11.1. The summed E-state index contributed by atoms with van der Waals surface area (Å²) >= 11 is 0. The number of aromatic nitrogens is 3. The number of hydrogen-bond acceptors (Lipinski definition) is 5. The maximum Gasteiger partial charge on any atom is 0.287 e. The van der Waals surface area contributed by atoms with E-state index in [4.69, 9.17) is 0 Å². The van der Waals surface area contributed by atoms with E-state index < -0.39 is 4.92 Å². The minimum atomic E-state index is -0.480. The van der Waals surface area contributed by atoms with Crippen LogP contribution in [0.2, 0.25) is 0 Å². The van der Waals surface area contributed by atoms with Crippen LogP contribution in [0.25, 0.3) is 0 Å². The maximum absolute atomic E-state index is 10.5. The van der Waals surface area contributed by atoms with E-state index in [-0.39, 0.29) is 5.69 Å². The Morgan fingerprint density at radius 2 is 2.24 bits per heavy atom. The highest BCUT2D eigenvalue weighted by Crippen LogP contribution is 2.19. The second-order valence-electron chi connectivity index (χ2n) is 3.59. The summed E-state index contributed by atoms with van der Waals surface area (Å²) in [6, 6.07) is 2.96. The Kier molecular flexibility index (Phi) is 2.73. The molecule has 0 atom stereocenters. The molecule has 2 rings (SSSR count). The average Bonchev–Trinajstić information content (AvgIpc) is 2.58. The molecule has 88 valence electrons. The summed E-state index contributed by atoms with van der Waals surface area (Å²) in [4.78, 5) is 13.9. The van der Waals surface area contributed by atoms with Gasteiger partial charge < -0.3 is 5.32 Å². The Labute approximate surface area is 97.2 Å². The molecule has 0 aliphatic heterocycles. The summed E-state index contributed by atoms with van der Waals surface area (Å²) in [6.45, 7) is 1.87. The van der Waals surface area contributed by atoms with Crippen molar-refractivity contribution in [2.45, 2.75) is 6.92 Å². The fraction of sp³-hybridized carbons (Fsp3) is 0.200. The van der Waals surface area contributed by atoms with Crippen molar-refractivity contribution >= 4 is 17.2 Å². The lowest BCUT2D eigenvalue weighted by Crippen LogP contribution is -1.95. The first-order valence-electron chi connectivity index (χ1n) is 4.94. The van der Waals surface area contributed by atoms with Crippen LogP contribution in [0.5, 0.6) is 0 Å². The molecule has 1 N–H and O–H groups in total. The molecule has 7 heteroatoms. The number of rotatable bonds is 3. The smallest absolute Gasteiger partial charge is 0.287 e. The van der Waals surface area contributed by atoms with Crippen molar-refractivity contribution in [3.8, 4) is 0 Å². The summed E-state index contributed by atoms with van der Waals surface area (Å²) < 4.78 is 1.68. The van der Waals surface area contributed by atoms with Gasteiger partial charge in [0.25, 0.3) is 5.69 Å². The maximum atomic E-state index is 10.5. The van der Waals surface area contributed by atoms with Gasteiger partial charge in [-0.25, -0.2) is 4.98 Å². The number of nitrogens with one attached hydrogen (secondary N) is 1. The molecule has 0 saturated heterocycles. The zero-order chi connectivity index (χ0) is 12.4. The quantitative estimate of drug-likeness (QED) is 0.645. The summed E-state index contributed by atoms with van der Waals surface area (Å²) in [6.07, 6.45) is 3.03. The van der Waals surface area contributed by atoms with Crippen molar-refractivity contribution in [2.75, 3.05) is 5.32 Å². The summed E-state index contributed by atoms with van der Waals surface area (Å²) in [5.74, 6) is 0.548. The van der Waals surface area contributed by atoms with Crippen molar-refractivity contribution in [1.82, 2.24) is 14.8 Å². The van der Waals surface area contributed by atoms with Gasteiger partial charge in [-0.1, -0.05) is 0 Å². The lowest BCUT2D eigenvalue weighted by Gasteiger charge is -2.02. The molecule has 0 aromatic carbocycles. The molecule has 2 aromatic heterocycles. The van der Waals surface area contributed by atoms with Gasteiger partial charge in [0, 0.05) is 19.3 Å². The molecule has 0 aliphatic carbocycles. The van der Waals surface area contributed by atoms with E-state index >= 15 is 0 Å². The van der Waals surface area contributed by atoms with Crippen LogP contribution in [0.3, 0.4) is 0 Å². The first-order valence-corrected chi connectivity index (χ1v) is 4.94. The van der Waals surface area contributed by atoms with Crippen molar-refractivity contribution in [2.24, 2.45) is 7.05 Å². The molecule has 0 amide bonds. The molecule has 17 heavy (non-hydrogen) atoms. The third-order valence-corrected chi connectivity index (χ3v) is 2.23. The van der Waals surface area contributed by atoms with E-state index in [9.17, 15) is 10.1 Å². The van der Waals surface area contributed by atoms with E-state index in [1.54, 1.807) is 10.7 Å². The lowest BCUT2D eigenvalue weighted by atomic mass is 10.3. The second-order valence-corrected chi connectivity index (χ2v) is 3.59. The molecule has 2 aromatic rings. The highest BCUT2D eigenvalue weighted by molar-refractivity contribution is 5.58. The number of hydrogen-bond donors (Lipinski definition) is 1. The molecule has 0 spiro atoms. The lowest BCUT2D eigenvalue weighted by molar-refractivity contribution is -0.385. The third-order valence-electron chi connectivity index (χ3n) is 2.23. The van der Waals surface area contributed by atoms with Gasteiger partial charge in [-0.15, -0.1) is 0 Å². The Morgan fingerprint density at radius 3 is 2.71 bits per heavy atom. The van der Waals surface area contributed by atoms with Crippen molar-refractivity contribution < 1.29 is 4.92 Å². The normalized spacial score (nSPS) is 10.2. The van der Waals surface area contributed by atoms with Crippen LogP contribution in [0, 0.1) is 17.0 Å². The van der Waals surface area contributed by atoms with E-state index in [1.165, 1.54) is 12.3 Å². The minimum Gasteiger partial charge on any atom is -0.337 e. The SMILES string of the molecule is Cc1nn(C)cc1Nc1ccc([N+](=O)[O-])cn1. The van der Waals surface area contributed by atoms with Crippen LogP contribution in [0.4, 0.5) is 17.2 Å². The van der Waals surface area contributed by atoms with E-state index in [0.717, 1.165) is 11.4 Å². The number of anilines is 2. The van der Waals surface area contributed by atoms with E-state index in [0.29, 0.717) is 5.82 Å². The average molecular weight is 233 g/mol. The zero-order valence-electron chi connectivity index (χ0n) is 9.41. The van der Waals surface area contributed by atoms with Gasteiger partial charge in [0.1, 0.15) is 12.0 Å². The molecule has 0 radical (unpaired) electrons. The highest BCUT2D eigenvalue weighted by atomic mass is 16.6. The Morgan fingerprint density at radius 1 is 1.47 bits per heavy atom. The summed E-state index contributed by atoms with van der Waals surface area (Å²) in [5, 5.41) is 17.7. The Bertz CT molecular complexity index is 546. The van der Waals surface area contributed by atoms with Crippen molar-refractivity contribution in [3.63, 3.8) is 0 Å². The molecule has 0 bridgehead atoms. The molecule has 7 nitrogen and oxygen atoms in total. The largest absolute Gasteiger partial charge is 0.337 e. The van der Waals surface area contributed by atoms with Gasteiger partial charge in [-0.05, 0) is 13.0 Å². The van der Waals surface area contributed by atoms with E-state index in [2.05, 4.69) is 15.4 Å². The van der Waals surface area contributed by atoms with Gasteiger partial charge >= 0.3 is 0 Å². The van der Waals surface area contributed by atoms with Crippen LogP contribution in [-0.4, -0.2) is 19.7 Å². The van der Waals surface area contributed by atoms with Gasteiger partial charge in [0.05, 0.1) is 16.3 Å². The Balaban J connectivity index is 2.19. The fourth-order valence-corrected chi connectivity index (χ4v) is 1.43. The molecule has 0 saturated carbocycles. The zero-order valence-corrected chi connectivity index (χ0v) is 9.41. The van der Waals surface area contributed by atoms with Crippen LogP contribution in [-0.2, 0) is 7.05 Å². The molecular formula is C10H11N5O2. The highest BCUT2D eigenvalue weighted by Gasteiger charge is 2.07. The molecule has 0 unspecified atom stereocenters. The Hall–Kier alpha value is -2.44. The number of nitrogens with zero attached hydrogens (tertiary/aromatic N) is 4. The summed E-state index contributed by atoms with van der Waals surface area (Å²) in [7, 11) is 1.82. The second kappa shape index (κ2) is 4.20. The van der Waals surface area contributed by atoms with Crippen molar-refractivity contribution in [1.29, 1.82) is 0 Å².